The van der Waals surface area contributed by atoms with Gasteiger partial charge in [0.25, 0.3) is 0 Å². The lowest BCUT2D eigenvalue weighted by Crippen LogP contribution is -2.36. The number of hydrogen-bond acceptors (Lipinski definition) is 3. The molecule has 24 heavy (non-hydrogen) atoms. The lowest BCUT2D eigenvalue weighted by atomic mass is 10.1. The van der Waals surface area contributed by atoms with Gasteiger partial charge in [0.2, 0.25) is 5.72 Å². The molecule has 0 fully saturated rings. The molecule has 0 aliphatic heterocycles. The molecule has 120 valence electrons. The van der Waals surface area contributed by atoms with E-state index in [1.54, 1.807) is 10.8 Å². The Kier molecular flexibility index (Phi) is 4.74. The second-order valence-corrected chi connectivity index (χ2v) is 5.32. The van der Waals surface area contributed by atoms with Gasteiger partial charge in [-0.05, 0) is 37.1 Å². The van der Waals surface area contributed by atoms with Crippen LogP contribution in [-0.4, -0.2) is 21.6 Å². The summed E-state index contributed by atoms with van der Waals surface area (Å²) in [4.78, 5) is 0. The highest BCUT2D eigenvalue weighted by atomic mass is 16.5. The minimum atomic E-state index is -0.928. The highest BCUT2D eigenvalue weighted by Gasteiger charge is 2.32. The molecule has 1 heterocycles. The third kappa shape index (κ3) is 3.08. The van der Waals surface area contributed by atoms with Crippen LogP contribution in [0.4, 0.5) is 0 Å². The maximum atomic E-state index is 6.06. The molecule has 1 atom stereocenters. The van der Waals surface area contributed by atoms with E-state index in [0.717, 1.165) is 16.6 Å². The molecule has 3 aromatic rings. The molecule has 0 aliphatic rings. The SMILES string of the molecule is C=CCC(C#Cc1ccccc1)(OCC)n1nnc2ccccc21. The van der Waals surface area contributed by atoms with Crippen LogP contribution < -0.4 is 0 Å². The summed E-state index contributed by atoms with van der Waals surface area (Å²) in [6.07, 6.45) is 2.31. The lowest BCUT2D eigenvalue weighted by molar-refractivity contribution is -0.0578. The van der Waals surface area contributed by atoms with Gasteiger partial charge in [0.15, 0.2) is 0 Å². The van der Waals surface area contributed by atoms with Crippen molar-refractivity contribution in [3.8, 4) is 11.8 Å². The highest BCUT2D eigenvalue weighted by Crippen LogP contribution is 2.26. The van der Waals surface area contributed by atoms with Gasteiger partial charge >= 0.3 is 0 Å². The van der Waals surface area contributed by atoms with Crippen LogP contribution in [-0.2, 0) is 10.5 Å². The van der Waals surface area contributed by atoms with E-state index in [-0.39, 0.29) is 0 Å². The van der Waals surface area contributed by atoms with Gasteiger partial charge in [0, 0.05) is 18.6 Å². The minimum Gasteiger partial charge on any atom is -0.343 e. The average Bonchev–Trinajstić information content (AvgIpc) is 3.06. The normalized spacial score (nSPS) is 13.0. The standard InChI is InChI=1S/C20H19N3O/c1-3-15-20(24-4-2,16-14-17-10-6-5-7-11-17)23-19-13-9-8-12-18(19)21-22-23/h3,5-13H,1,4,15H2,2H3. The number of aromatic nitrogens is 3. The zero-order valence-corrected chi connectivity index (χ0v) is 13.6. The van der Waals surface area contributed by atoms with Gasteiger partial charge in [-0.1, -0.05) is 47.5 Å². The number of hydrogen-bond donors (Lipinski definition) is 0. The Morgan fingerprint density at radius 1 is 1.17 bits per heavy atom. The maximum Gasteiger partial charge on any atom is 0.230 e. The molecule has 0 aliphatic carbocycles. The molecule has 0 spiro atoms. The first kappa shape index (κ1) is 16.0. The van der Waals surface area contributed by atoms with Gasteiger partial charge in [-0.15, -0.1) is 11.7 Å². The number of rotatable bonds is 5. The van der Waals surface area contributed by atoms with Crippen LogP contribution in [0.3, 0.4) is 0 Å². The number of fused-ring (bicyclic) bond motifs is 1. The van der Waals surface area contributed by atoms with E-state index in [1.807, 2.05) is 61.5 Å². The smallest absolute Gasteiger partial charge is 0.230 e. The minimum absolute atomic E-state index is 0.505. The third-order valence-corrected chi connectivity index (χ3v) is 3.67. The predicted molar refractivity (Wildman–Crippen MR) is 95.3 cm³/mol. The van der Waals surface area contributed by atoms with E-state index in [9.17, 15) is 0 Å². The Morgan fingerprint density at radius 2 is 1.92 bits per heavy atom. The molecule has 0 saturated heterocycles. The summed E-state index contributed by atoms with van der Waals surface area (Å²) < 4.78 is 7.81. The largest absolute Gasteiger partial charge is 0.343 e. The topological polar surface area (TPSA) is 39.9 Å². The first-order valence-electron chi connectivity index (χ1n) is 7.93. The Morgan fingerprint density at radius 3 is 2.67 bits per heavy atom. The predicted octanol–water partition coefficient (Wildman–Crippen LogP) is 3.75. The van der Waals surface area contributed by atoms with Gasteiger partial charge < -0.3 is 4.74 Å². The summed E-state index contributed by atoms with van der Waals surface area (Å²) >= 11 is 0. The van der Waals surface area contributed by atoms with Crippen molar-refractivity contribution in [3.63, 3.8) is 0 Å². The van der Waals surface area contributed by atoms with E-state index in [2.05, 4.69) is 28.7 Å². The van der Waals surface area contributed by atoms with E-state index in [0.29, 0.717) is 13.0 Å². The monoisotopic (exact) mass is 317 g/mol. The number of ether oxygens (including phenoxy) is 1. The molecule has 0 bridgehead atoms. The molecule has 4 heteroatoms. The molecule has 0 radical (unpaired) electrons. The fraction of sp³-hybridized carbons (Fsp3) is 0.200. The molecular weight excluding hydrogens is 298 g/mol. The Bertz CT molecular complexity index is 889. The van der Waals surface area contributed by atoms with Crippen molar-refractivity contribution in [2.75, 3.05) is 6.61 Å². The fourth-order valence-corrected chi connectivity index (χ4v) is 2.61. The third-order valence-electron chi connectivity index (χ3n) is 3.67. The van der Waals surface area contributed by atoms with E-state index >= 15 is 0 Å². The first-order chi connectivity index (χ1) is 11.8. The first-order valence-corrected chi connectivity index (χ1v) is 7.93. The highest BCUT2D eigenvalue weighted by molar-refractivity contribution is 5.74. The summed E-state index contributed by atoms with van der Waals surface area (Å²) in [6, 6.07) is 17.6. The molecule has 0 N–H and O–H groups in total. The Labute approximate surface area is 141 Å². The zero-order valence-electron chi connectivity index (χ0n) is 13.6. The Balaban J connectivity index is 2.15. The van der Waals surface area contributed by atoms with Crippen LogP contribution in [0.15, 0.2) is 67.3 Å². The second-order valence-electron chi connectivity index (χ2n) is 5.32. The molecule has 4 nitrogen and oxygen atoms in total. The van der Waals surface area contributed by atoms with Crippen LogP contribution in [0.2, 0.25) is 0 Å². The van der Waals surface area contributed by atoms with Crippen molar-refractivity contribution in [2.45, 2.75) is 19.1 Å². The molecule has 3 rings (SSSR count). The second kappa shape index (κ2) is 7.12. The number of para-hydroxylation sites is 1. The van der Waals surface area contributed by atoms with Crippen LogP contribution in [0.25, 0.3) is 11.0 Å². The lowest BCUT2D eigenvalue weighted by Gasteiger charge is -2.27. The number of benzene rings is 2. The van der Waals surface area contributed by atoms with Crippen LogP contribution in [0, 0.1) is 11.8 Å². The Hall–Kier alpha value is -2.90. The van der Waals surface area contributed by atoms with Gasteiger partial charge in [-0.25, -0.2) is 4.68 Å². The molecule has 1 unspecified atom stereocenters. The quantitative estimate of drug-likeness (QED) is 0.531. The fourth-order valence-electron chi connectivity index (χ4n) is 2.61. The summed E-state index contributed by atoms with van der Waals surface area (Å²) in [6.45, 7) is 6.31. The van der Waals surface area contributed by atoms with Crippen molar-refractivity contribution in [2.24, 2.45) is 0 Å². The van der Waals surface area contributed by atoms with E-state index in [4.69, 9.17) is 4.74 Å². The van der Waals surface area contributed by atoms with Crippen molar-refractivity contribution in [1.29, 1.82) is 0 Å². The molecule has 0 saturated carbocycles. The molecule has 0 amide bonds. The van der Waals surface area contributed by atoms with E-state index in [1.165, 1.54) is 0 Å². The van der Waals surface area contributed by atoms with Crippen LogP contribution in [0.1, 0.15) is 18.9 Å². The van der Waals surface area contributed by atoms with Gasteiger partial charge in [-0.3, -0.25) is 0 Å². The zero-order chi connectivity index (χ0) is 16.8. The summed E-state index contributed by atoms with van der Waals surface area (Å²) in [5, 5.41) is 8.54. The molecule has 1 aromatic heterocycles. The van der Waals surface area contributed by atoms with Crippen molar-refractivity contribution in [3.05, 3.63) is 72.8 Å². The molecule has 2 aromatic carbocycles. The van der Waals surface area contributed by atoms with E-state index < -0.39 is 5.72 Å². The van der Waals surface area contributed by atoms with Crippen LogP contribution in [0.5, 0.6) is 0 Å². The number of nitrogens with zero attached hydrogens (tertiary/aromatic N) is 3. The van der Waals surface area contributed by atoms with Crippen LogP contribution >= 0.6 is 0 Å². The van der Waals surface area contributed by atoms with Gasteiger partial charge in [0.05, 0.1) is 5.52 Å². The van der Waals surface area contributed by atoms with Crippen molar-refractivity contribution >= 4 is 11.0 Å². The van der Waals surface area contributed by atoms with Crippen molar-refractivity contribution in [1.82, 2.24) is 15.0 Å². The maximum absolute atomic E-state index is 6.06. The molecular formula is C20H19N3O. The summed E-state index contributed by atoms with van der Waals surface area (Å²) in [5.41, 5.74) is 1.69. The summed E-state index contributed by atoms with van der Waals surface area (Å²) in [7, 11) is 0. The van der Waals surface area contributed by atoms with Gasteiger partial charge in [-0.2, -0.15) is 0 Å². The average molecular weight is 317 g/mol. The van der Waals surface area contributed by atoms with Gasteiger partial charge in [0.1, 0.15) is 5.52 Å². The summed E-state index contributed by atoms with van der Waals surface area (Å²) in [5.74, 6) is 6.46. The van der Waals surface area contributed by atoms with Crippen molar-refractivity contribution < 1.29 is 4.74 Å².